The van der Waals surface area contributed by atoms with Crippen LogP contribution in [-0.2, 0) is 6.42 Å². The van der Waals surface area contributed by atoms with Crippen molar-refractivity contribution in [2.24, 2.45) is 11.5 Å². The Bertz CT molecular complexity index is 279. The summed E-state index contributed by atoms with van der Waals surface area (Å²) < 4.78 is 4.91. The first-order valence-corrected chi connectivity index (χ1v) is 3.75. The molecule has 0 aliphatic carbocycles. The number of nitrogens with two attached hydrogens (primary N) is 2. The lowest BCUT2D eigenvalue weighted by atomic mass is 10.3. The van der Waals surface area contributed by atoms with E-state index in [4.69, 9.17) is 16.0 Å². The first kappa shape index (κ1) is 8.73. The third-order valence-electron chi connectivity index (χ3n) is 1.48. The Morgan fingerprint density at radius 2 is 2.42 bits per heavy atom. The quantitative estimate of drug-likeness (QED) is 0.657. The van der Waals surface area contributed by atoms with Crippen molar-refractivity contribution >= 4 is 5.57 Å². The van der Waals surface area contributed by atoms with Gasteiger partial charge in [-0.2, -0.15) is 4.98 Å². The van der Waals surface area contributed by atoms with E-state index in [1.54, 1.807) is 0 Å². The molecule has 0 aliphatic heterocycles. The van der Waals surface area contributed by atoms with Gasteiger partial charge in [-0.1, -0.05) is 12.1 Å². The summed E-state index contributed by atoms with van der Waals surface area (Å²) in [6, 6.07) is 0. The summed E-state index contributed by atoms with van der Waals surface area (Å²) in [5.41, 5.74) is 11.4. The minimum Gasteiger partial charge on any atom is -0.404 e. The van der Waals surface area contributed by atoms with Crippen LogP contribution in [0.3, 0.4) is 0 Å². The highest BCUT2D eigenvalue weighted by atomic mass is 16.5. The molecule has 0 saturated carbocycles. The first-order chi connectivity index (χ1) is 5.81. The van der Waals surface area contributed by atoms with Gasteiger partial charge >= 0.3 is 0 Å². The second kappa shape index (κ2) is 3.87. The average molecular weight is 168 g/mol. The summed E-state index contributed by atoms with van der Waals surface area (Å²) >= 11 is 0. The Morgan fingerprint density at radius 3 is 2.83 bits per heavy atom. The zero-order chi connectivity index (χ0) is 8.97. The zero-order valence-corrected chi connectivity index (χ0v) is 6.95. The van der Waals surface area contributed by atoms with Crippen LogP contribution in [0.25, 0.3) is 5.57 Å². The van der Waals surface area contributed by atoms with E-state index in [-0.39, 0.29) is 0 Å². The molecule has 0 bridgehead atoms. The first-order valence-electron chi connectivity index (χ1n) is 3.75. The van der Waals surface area contributed by atoms with Crippen molar-refractivity contribution in [1.82, 2.24) is 10.1 Å². The lowest BCUT2D eigenvalue weighted by molar-refractivity contribution is 0.400. The standard InChI is InChI=1S/C7H12N4O/c1-2-6-10-7(12-11-6)5(3-8)4-9/h3H,2,4,8-9H2,1H3. The summed E-state index contributed by atoms with van der Waals surface area (Å²) in [6.45, 7) is 2.25. The fourth-order valence-electron chi connectivity index (χ4n) is 0.755. The van der Waals surface area contributed by atoms with Crippen LogP contribution in [0, 0.1) is 0 Å². The summed E-state index contributed by atoms with van der Waals surface area (Å²) in [5, 5.41) is 3.71. The molecule has 1 rings (SSSR count). The highest BCUT2D eigenvalue weighted by Crippen LogP contribution is 2.08. The molecule has 0 fully saturated rings. The molecule has 0 saturated heterocycles. The molecule has 4 N–H and O–H groups in total. The van der Waals surface area contributed by atoms with Crippen LogP contribution in [0.4, 0.5) is 0 Å². The second-order valence-electron chi connectivity index (χ2n) is 2.27. The number of hydrogen-bond acceptors (Lipinski definition) is 5. The Kier molecular flexibility index (Phi) is 2.82. The van der Waals surface area contributed by atoms with Gasteiger partial charge in [-0.3, -0.25) is 0 Å². The zero-order valence-electron chi connectivity index (χ0n) is 6.95. The number of aromatic nitrogens is 2. The summed E-state index contributed by atoms with van der Waals surface area (Å²) in [5.74, 6) is 1.08. The maximum Gasteiger partial charge on any atom is 0.256 e. The molecule has 1 aromatic rings. The van der Waals surface area contributed by atoms with E-state index in [1.807, 2.05) is 6.92 Å². The van der Waals surface area contributed by atoms with E-state index >= 15 is 0 Å². The third kappa shape index (κ3) is 1.62. The molecule has 5 nitrogen and oxygen atoms in total. The minimum absolute atomic E-state index is 0.307. The molecule has 0 spiro atoms. The molecule has 66 valence electrons. The number of aryl methyl sites for hydroxylation is 1. The number of rotatable bonds is 3. The maximum absolute atomic E-state index is 5.39. The largest absolute Gasteiger partial charge is 0.404 e. The Balaban J connectivity index is 2.87. The van der Waals surface area contributed by atoms with E-state index in [0.29, 0.717) is 23.8 Å². The van der Waals surface area contributed by atoms with Crippen LogP contribution in [0.15, 0.2) is 10.7 Å². The summed E-state index contributed by atoms with van der Waals surface area (Å²) in [4.78, 5) is 4.06. The highest BCUT2D eigenvalue weighted by molar-refractivity contribution is 5.58. The van der Waals surface area contributed by atoms with E-state index in [2.05, 4.69) is 10.1 Å². The van der Waals surface area contributed by atoms with Gasteiger partial charge in [0.05, 0.1) is 0 Å². The van der Waals surface area contributed by atoms with Crippen molar-refractivity contribution in [2.75, 3.05) is 6.54 Å². The Labute approximate surface area is 70.4 Å². The summed E-state index contributed by atoms with van der Waals surface area (Å²) in [7, 11) is 0. The van der Waals surface area contributed by atoms with Crippen molar-refractivity contribution in [2.45, 2.75) is 13.3 Å². The van der Waals surface area contributed by atoms with Crippen molar-refractivity contribution in [3.05, 3.63) is 17.9 Å². The van der Waals surface area contributed by atoms with Crippen molar-refractivity contribution in [1.29, 1.82) is 0 Å². The van der Waals surface area contributed by atoms with Crippen LogP contribution in [0.5, 0.6) is 0 Å². The van der Waals surface area contributed by atoms with Gasteiger partial charge in [0.1, 0.15) is 0 Å². The van der Waals surface area contributed by atoms with Crippen LogP contribution >= 0.6 is 0 Å². The van der Waals surface area contributed by atoms with Crippen molar-refractivity contribution < 1.29 is 4.52 Å². The average Bonchev–Trinajstić information content (AvgIpc) is 2.55. The summed E-state index contributed by atoms with van der Waals surface area (Å²) in [6.07, 6.45) is 2.12. The molecule has 0 aliphatic rings. The van der Waals surface area contributed by atoms with Gasteiger partial charge in [0.2, 0.25) is 0 Å². The van der Waals surface area contributed by atoms with Gasteiger partial charge < -0.3 is 16.0 Å². The topological polar surface area (TPSA) is 91.0 Å². The predicted molar refractivity (Wildman–Crippen MR) is 44.9 cm³/mol. The van der Waals surface area contributed by atoms with Gasteiger partial charge in [-0.05, 0) is 0 Å². The molecular formula is C7H12N4O. The molecule has 12 heavy (non-hydrogen) atoms. The SMILES string of the molecule is CCc1noc(C(=CN)CN)n1. The number of hydrogen-bond donors (Lipinski definition) is 2. The maximum atomic E-state index is 5.39. The van der Waals surface area contributed by atoms with Gasteiger partial charge in [-0.15, -0.1) is 0 Å². The van der Waals surface area contributed by atoms with Crippen LogP contribution < -0.4 is 11.5 Å². The lowest BCUT2D eigenvalue weighted by Gasteiger charge is -1.92. The highest BCUT2D eigenvalue weighted by Gasteiger charge is 2.07. The Hall–Kier alpha value is -1.36. The molecule has 1 aromatic heterocycles. The van der Waals surface area contributed by atoms with Gasteiger partial charge in [0.15, 0.2) is 5.82 Å². The molecule has 0 radical (unpaired) electrons. The minimum atomic E-state index is 0.307. The molecular weight excluding hydrogens is 156 g/mol. The van der Waals surface area contributed by atoms with Gasteiger partial charge in [-0.25, -0.2) is 0 Å². The molecule has 0 amide bonds. The van der Waals surface area contributed by atoms with E-state index in [9.17, 15) is 0 Å². The van der Waals surface area contributed by atoms with Gasteiger partial charge in [0.25, 0.3) is 5.89 Å². The molecule has 5 heteroatoms. The van der Waals surface area contributed by atoms with Crippen LogP contribution in [0.1, 0.15) is 18.6 Å². The van der Waals surface area contributed by atoms with E-state index in [1.165, 1.54) is 6.20 Å². The normalized spacial score (nSPS) is 12.0. The molecule has 0 aromatic carbocycles. The smallest absolute Gasteiger partial charge is 0.256 e. The van der Waals surface area contributed by atoms with E-state index < -0.39 is 0 Å². The fraction of sp³-hybridized carbons (Fsp3) is 0.429. The van der Waals surface area contributed by atoms with E-state index in [0.717, 1.165) is 6.42 Å². The second-order valence-corrected chi connectivity index (χ2v) is 2.27. The van der Waals surface area contributed by atoms with Crippen molar-refractivity contribution in [3.63, 3.8) is 0 Å². The Morgan fingerprint density at radius 1 is 1.67 bits per heavy atom. The van der Waals surface area contributed by atoms with Crippen molar-refractivity contribution in [3.8, 4) is 0 Å². The van der Waals surface area contributed by atoms with Crippen LogP contribution in [0.2, 0.25) is 0 Å². The predicted octanol–water partition coefficient (Wildman–Crippen LogP) is -0.110. The molecule has 1 heterocycles. The van der Waals surface area contributed by atoms with Gasteiger partial charge in [0, 0.05) is 24.7 Å². The molecule has 0 atom stereocenters. The number of nitrogens with zero attached hydrogens (tertiary/aromatic N) is 2. The third-order valence-corrected chi connectivity index (χ3v) is 1.48. The van der Waals surface area contributed by atoms with Crippen LogP contribution in [-0.4, -0.2) is 16.7 Å². The molecule has 0 unspecified atom stereocenters. The lowest BCUT2D eigenvalue weighted by Crippen LogP contribution is -2.04. The fourth-order valence-corrected chi connectivity index (χ4v) is 0.755. The monoisotopic (exact) mass is 168 g/mol.